The molecular weight excluding hydrogens is 329 g/mol. The van der Waals surface area contributed by atoms with Crippen LogP contribution in [0, 0.1) is 5.82 Å². The summed E-state index contributed by atoms with van der Waals surface area (Å²) in [6.07, 6.45) is 1.54. The number of nitrogens with zero attached hydrogens (tertiary/aromatic N) is 5. The van der Waals surface area contributed by atoms with E-state index in [0.29, 0.717) is 48.6 Å². The van der Waals surface area contributed by atoms with Crippen molar-refractivity contribution in [1.82, 2.24) is 18.6 Å². The average molecular weight is 343 g/mol. The molecule has 8 heteroatoms. The number of halogens is 1. The molecule has 3 aromatic rings. The van der Waals surface area contributed by atoms with Crippen molar-refractivity contribution in [3.8, 4) is 0 Å². The Morgan fingerprint density at radius 1 is 1.12 bits per heavy atom. The molecule has 1 aromatic carbocycles. The van der Waals surface area contributed by atoms with Crippen LogP contribution in [0.25, 0.3) is 11.2 Å². The molecule has 122 valence electrons. The third kappa shape index (κ3) is 2.69. The van der Waals surface area contributed by atoms with E-state index in [1.807, 2.05) is 11.0 Å². The van der Waals surface area contributed by atoms with E-state index >= 15 is 0 Å². The van der Waals surface area contributed by atoms with Gasteiger partial charge in [0.25, 0.3) is 5.91 Å². The number of amides is 1. The number of benzene rings is 1. The molecule has 0 spiro atoms. The van der Waals surface area contributed by atoms with Gasteiger partial charge < -0.3 is 9.80 Å². The quantitative estimate of drug-likeness (QED) is 0.714. The zero-order valence-corrected chi connectivity index (χ0v) is 13.5. The van der Waals surface area contributed by atoms with Crippen LogP contribution >= 0.6 is 11.7 Å². The summed E-state index contributed by atoms with van der Waals surface area (Å²) in [5.74, 6) is -0.312. The van der Waals surface area contributed by atoms with Crippen LogP contribution in [-0.4, -0.2) is 50.7 Å². The normalized spacial score (nSPS) is 15.0. The van der Waals surface area contributed by atoms with Crippen molar-refractivity contribution >= 4 is 34.5 Å². The van der Waals surface area contributed by atoms with E-state index in [4.69, 9.17) is 0 Å². The van der Waals surface area contributed by atoms with Gasteiger partial charge in [0, 0.05) is 32.4 Å². The summed E-state index contributed by atoms with van der Waals surface area (Å²) in [5.41, 5.74) is 2.28. The maximum absolute atomic E-state index is 13.9. The number of carbonyl (C=O) groups is 1. The highest BCUT2D eigenvalue weighted by atomic mass is 32.1. The molecule has 0 unspecified atom stereocenters. The molecule has 0 atom stereocenters. The van der Waals surface area contributed by atoms with Crippen molar-refractivity contribution in [2.45, 2.75) is 0 Å². The van der Waals surface area contributed by atoms with Crippen molar-refractivity contribution in [3.63, 3.8) is 0 Å². The summed E-state index contributed by atoms with van der Waals surface area (Å²) < 4.78 is 22.0. The van der Waals surface area contributed by atoms with E-state index in [2.05, 4.69) is 13.7 Å². The Morgan fingerprint density at radius 2 is 1.92 bits per heavy atom. The number of rotatable bonds is 2. The number of hydrogen-bond acceptors (Lipinski definition) is 6. The molecule has 4 rings (SSSR count). The lowest BCUT2D eigenvalue weighted by molar-refractivity contribution is 0.0746. The van der Waals surface area contributed by atoms with E-state index in [0.717, 1.165) is 11.7 Å². The van der Waals surface area contributed by atoms with Gasteiger partial charge in [-0.2, -0.15) is 8.75 Å². The van der Waals surface area contributed by atoms with Crippen molar-refractivity contribution in [2.24, 2.45) is 0 Å². The van der Waals surface area contributed by atoms with Crippen LogP contribution in [0.2, 0.25) is 0 Å². The van der Waals surface area contributed by atoms with Gasteiger partial charge in [-0.1, -0.05) is 12.1 Å². The van der Waals surface area contributed by atoms with E-state index in [9.17, 15) is 9.18 Å². The lowest BCUT2D eigenvalue weighted by Gasteiger charge is -2.36. The number of fused-ring (bicyclic) bond motifs is 1. The van der Waals surface area contributed by atoms with Gasteiger partial charge in [0.1, 0.15) is 11.3 Å². The second-order valence-corrected chi connectivity index (χ2v) is 6.09. The molecule has 0 bridgehead atoms. The fraction of sp³-hybridized carbons (Fsp3) is 0.250. The standard InChI is InChI=1S/C16H14FN5OS/c17-12-3-1-2-4-14(12)21-5-7-22(8-6-21)16(23)11-9-13-15(18-10-11)20-24-19-13/h1-4,9-10H,5-8H2. The van der Waals surface area contributed by atoms with Gasteiger partial charge in [0.05, 0.1) is 23.0 Å². The summed E-state index contributed by atoms with van der Waals surface area (Å²) in [4.78, 5) is 20.5. The molecule has 1 aliphatic heterocycles. The Labute approximate surface area is 141 Å². The monoisotopic (exact) mass is 343 g/mol. The first-order valence-electron chi connectivity index (χ1n) is 7.59. The lowest BCUT2D eigenvalue weighted by Crippen LogP contribution is -2.49. The maximum Gasteiger partial charge on any atom is 0.255 e. The second kappa shape index (κ2) is 6.12. The van der Waals surface area contributed by atoms with E-state index in [1.165, 1.54) is 12.3 Å². The van der Waals surface area contributed by atoms with Gasteiger partial charge in [0.15, 0.2) is 5.65 Å². The highest BCUT2D eigenvalue weighted by molar-refractivity contribution is 7.00. The molecule has 0 saturated carbocycles. The number of hydrogen-bond donors (Lipinski definition) is 0. The molecule has 6 nitrogen and oxygen atoms in total. The number of para-hydroxylation sites is 1. The first-order valence-corrected chi connectivity index (χ1v) is 8.32. The first-order chi connectivity index (χ1) is 11.7. The second-order valence-electron chi connectivity index (χ2n) is 5.56. The molecule has 1 amide bonds. The minimum Gasteiger partial charge on any atom is -0.366 e. The van der Waals surface area contributed by atoms with Crippen molar-refractivity contribution in [2.75, 3.05) is 31.1 Å². The third-order valence-electron chi connectivity index (χ3n) is 4.12. The van der Waals surface area contributed by atoms with Crippen LogP contribution < -0.4 is 4.90 Å². The summed E-state index contributed by atoms with van der Waals surface area (Å²) in [6.45, 7) is 2.28. The Hall–Kier alpha value is -2.61. The summed E-state index contributed by atoms with van der Waals surface area (Å²) >= 11 is 1.08. The van der Waals surface area contributed by atoms with Gasteiger partial charge in [-0.15, -0.1) is 0 Å². The molecule has 3 heterocycles. The highest BCUT2D eigenvalue weighted by Crippen LogP contribution is 2.21. The summed E-state index contributed by atoms with van der Waals surface area (Å²) in [7, 11) is 0. The summed E-state index contributed by atoms with van der Waals surface area (Å²) in [6, 6.07) is 8.43. The molecular formula is C16H14FN5OS. The van der Waals surface area contributed by atoms with Crippen molar-refractivity contribution in [3.05, 3.63) is 47.9 Å². The van der Waals surface area contributed by atoms with E-state index < -0.39 is 0 Å². The molecule has 1 saturated heterocycles. The van der Waals surface area contributed by atoms with Crippen molar-refractivity contribution < 1.29 is 9.18 Å². The van der Waals surface area contributed by atoms with Gasteiger partial charge >= 0.3 is 0 Å². The fourth-order valence-corrected chi connectivity index (χ4v) is 3.33. The molecule has 0 radical (unpaired) electrons. The Kier molecular flexibility index (Phi) is 3.81. The molecule has 0 aliphatic carbocycles. The van der Waals surface area contributed by atoms with Crippen LogP contribution in [-0.2, 0) is 0 Å². The molecule has 2 aromatic heterocycles. The van der Waals surface area contributed by atoms with Gasteiger partial charge in [-0.3, -0.25) is 4.79 Å². The van der Waals surface area contributed by atoms with Crippen LogP contribution in [0.4, 0.5) is 10.1 Å². The smallest absolute Gasteiger partial charge is 0.255 e. The van der Waals surface area contributed by atoms with Gasteiger partial charge in [-0.05, 0) is 18.2 Å². The number of carbonyl (C=O) groups excluding carboxylic acids is 1. The van der Waals surface area contributed by atoms with Crippen molar-refractivity contribution in [1.29, 1.82) is 0 Å². The predicted molar refractivity (Wildman–Crippen MR) is 89.7 cm³/mol. The fourth-order valence-electron chi connectivity index (χ4n) is 2.84. The van der Waals surface area contributed by atoms with Crippen LogP contribution in [0.1, 0.15) is 10.4 Å². The minimum absolute atomic E-state index is 0.0782. The third-order valence-corrected chi connectivity index (χ3v) is 4.65. The SMILES string of the molecule is O=C(c1cnc2nsnc2c1)N1CCN(c2ccccc2F)CC1. The zero-order chi connectivity index (χ0) is 16.5. The molecule has 1 aliphatic rings. The maximum atomic E-state index is 13.9. The van der Waals surface area contributed by atoms with Crippen LogP contribution in [0.5, 0.6) is 0 Å². The predicted octanol–water partition coefficient (Wildman–Crippen LogP) is 2.19. The highest BCUT2D eigenvalue weighted by Gasteiger charge is 2.24. The van der Waals surface area contributed by atoms with E-state index in [1.54, 1.807) is 23.1 Å². The van der Waals surface area contributed by atoms with Crippen LogP contribution in [0.3, 0.4) is 0 Å². The van der Waals surface area contributed by atoms with Gasteiger partial charge in [-0.25, -0.2) is 9.37 Å². The number of aromatic nitrogens is 3. The van der Waals surface area contributed by atoms with Crippen LogP contribution in [0.15, 0.2) is 36.5 Å². The topological polar surface area (TPSA) is 62.2 Å². The van der Waals surface area contributed by atoms with E-state index in [-0.39, 0.29) is 11.7 Å². The first kappa shape index (κ1) is 14.9. The zero-order valence-electron chi connectivity index (χ0n) is 12.7. The Morgan fingerprint density at radius 3 is 2.71 bits per heavy atom. The number of anilines is 1. The molecule has 1 fully saturated rings. The number of pyridine rings is 1. The average Bonchev–Trinajstić information content (AvgIpc) is 3.09. The Balaban J connectivity index is 1.47. The largest absolute Gasteiger partial charge is 0.366 e. The number of piperazine rings is 1. The summed E-state index contributed by atoms with van der Waals surface area (Å²) in [5, 5.41) is 0. The minimum atomic E-state index is -0.233. The lowest BCUT2D eigenvalue weighted by atomic mass is 10.2. The molecule has 0 N–H and O–H groups in total. The van der Waals surface area contributed by atoms with Gasteiger partial charge in [0.2, 0.25) is 0 Å². The molecule has 24 heavy (non-hydrogen) atoms. The Bertz CT molecular complexity index is 891.